The van der Waals surface area contributed by atoms with Crippen molar-refractivity contribution in [2.24, 2.45) is 0 Å². The molecule has 5 nitrogen and oxygen atoms in total. The first kappa shape index (κ1) is 10.7. The minimum Gasteiger partial charge on any atom is -0.391 e. The fourth-order valence-electron chi connectivity index (χ4n) is 1.89. The third kappa shape index (κ3) is 1.92. The van der Waals surface area contributed by atoms with Crippen molar-refractivity contribution in [3.63, 3.8) is 0 Å². The molecule has 0 aromatic carbocycles. The summed E-state index contributed by atoms with van der Waals surface area (Å²) in [7, 11) is 0. The van der Waals surface area contributed by atoms with Crippen molar-refractivity contribution in [2.45, 2.75) is 31.5 Å². The predicted molar refractivity (Wildman–Crippen MR) is 57.3 cm³/mol. The number of hydrogen-bond donors (Lipinski definition) is 2. The summed E-state index contributed by atoms with van der Waals surface area (Å²) in [5, 5.41) is 16.5. The molecule has 2 rings (SSSR count). The first-order valence-corrected chi connectivity index (χ1v) is 5.13. The maximum absolute atomic E-state index is 11.3. The van der Waals surface area contributed by atoms with E-state index in [1.807, 2.05) is 0 Å². The number of nitrogens with one attached hydrogen (secondary N) is 1. The lowest BCUT2D eigenvalue weighted by atomic mass is 9.83. The van der Waals surface area contributed by atoms with Crippen LogP contribution in [0.4, 0.5) is 0 Å². The number of carbonyl (C=O) groups is 1. The van der Waals surface area contributed by atoms with Crippen molar-refractivity contribution in [3.8, 4) is 11.8 Å². The lowest BCUT2D eigenvalue weighted by Gasteiger charge is -2.41. The van der Waals surface area contributed by atoms with Gasteiger partial charge in [0, 0.05) is 12.4 Å². The van der Waals surface area contributed by atoms with Crippen molar-refractivity contribution < 1.29 is 9.90 Å². The molecule has 0 bridgehead atoms. The van der Waals surface area contributed by atoms with E-state index in [4.69, 9.17) is 0 Å². The zero-order valence-electron chi connectivity index (χ0n) is 8.92. The van der Waals surface area contributed by atoms with Crippen LogP contribution >= 0.6 is 0 Å². The summed E-state index contributed by atoms with van der Waals surface area (Å²) >= 11 is 0. The highest BCUT2D eigenvalue weighted by molar-refractivity contribution is 5.93. The summed E-state index contributed by atoms with van der Waals surface area (Å²) in [6, 6.07) is 1.51. The molecule has 1 fully saturated rings. The van der Waals surface area contributed by atoms with E-state index in [0.29, 0.717) is 6.42 Å². The van der Waals surface area contributed by atoms with Crippen molar-refractivity contribution in [1.82, 2.24) is 15.1 Å². The molecular formula is C11H13N3O2. The van der Waals surface area contributed by atoms with Crippen molar-refractivity contribution in [2.75, 3.05) is 0 Å². The van der Waals surface area contributed by atoms with E-state index in [2.05, 4.69) is 22.3 Å². The predicted octanol–water partition coefficient (Wildman–Crippen LogP) is -0.303. The van der Waals surface area contributed by atoms with Crippen LogP contribution < -0.4 is 5.32 Å². The number of aromatic nitrogens is 2. The molecule has 0 saturated heterocycles. The zero-order valence-corrected chi connectivity index (χ0v) is 8.92. The number of aliphatic hydroxyl groups is 1. The Morgan fingerprint density at radius 2 is 2.50 bits per heavy atom. The summed E-state index contributed by atoms with van der Waals surface area (Å²) in [5.41, 5.74) is 0. The number of amides is 1. The maximum Gasteiger partial charge on any atom is 0.296 e. The Kier molecular flexibility index (Phi) is 2.93. The first-order chi connectivity index (χ1) is 7.72. The van der Waals surface area contributed by atoms with E-state index in [1.165, 1.54) is 0 Å². The molecule has 1 aromatic heterocycles. The molecule has 1 saturated carbocycles. The monoisotopic (exact) mass is 219 g/mol. The van der Waals surface area contributed by atoms with Gasteiger partial charge in [-0.05, 0) is 25.3 Å². The average Bonchev–Trinajstić information content (AvgIpc) is 2.70. The first-order valence-electron chi connectivity index (χ1n) is 5.13. The number of aliphatic hydroxyl groups excluding tert-OH is 1. The Balaban J connectivity index is 2.01. The van der Waals surface area contributed by atoms with Gasteiger partial charge in [-0.25, -0.2) is 0 Å². The van der Waals surface area contributed by atoms with Crippen LogP contribution in [0.15, 0.2) is 18.5 Å². The fourth-order valence-corrected chi connectivity index (χ4v) is 1.89. The van der Waals surface area contributed by atoms with E-state index in [9.17, 15) is 9.90 Å². The zero-order chi connectivity index (χ0) is 11.5. The van der Waals surface area contributed by atoms with Gasteiger partial charge in [-0.15, -0.1) is 0 Å². The van der Waals surface area contributed by atoms with Gasteiger partial charge in [0.1, 0.15) is 0 Å². The smallest absolute Gasteiger partial charge is 0.296 e. The molecule has 1 aromatic rings. The summed E-state index contributed by atoms with van der Waals surface area (Å²) in [4.78, 5) is 11.3. The minimum atomic E-state index is -0.459. The standard InChI is InChI=1S/C11H13N3O2/c1-2-4-10(16)13-8-7-9(15)11(8)14-6-3-5-12-14/h3,5-6,8-9,11,15H,7H2,1H3,(H,13,16). The third-order valence-electron chi connectivity index (χ3n) is 2.69. The molecule has 3 atom stereocenters. The van der Waals surface area contributed by atoms with Crippen molar-refractivity contribution >= 4 is 5.91 Å². The average molecular weight is 219 g/mol. The van der Waals surface area contributed by atoms with Gasteiger partial charge in [-0.1, -0.05) is 5.92 Å². The fraction of sp³-hybridized carbons (Fsp3) is 0.455. The Labute approximate surface area is 93.5 Å². The highest BCUT2D eigenvalue weighted by Crippen LogP contribution is 2.32. The third-order valence-corrected chi connectivity index (χ3v) is 2.69. The molecule has 0 aliphatic heterocycles. The molecule has 0 spiro atoms. The van der Waals surface area contributed by atoms with Gasteiger partial charge in [-0.3, -0.25) is 9.48 Å². The molecule has 0 radical (unpaired) electrons. The Morgan fingerprint density at radius 1 is 1.69 bits per heavy atom. The van der Waals surface area contributed by atoms with Gasteiger partial charge in [0.15, 0.2) is 0 Å². The van der Waals surface area contributed by atoms with E-state index in [-0.39, 0.29) is 18.0 Å². The molecule has 2 N–H and O–H groups in total. The molecule has 16 heavy (non-hydrogen) atoms. The van der Waals surface area contributed by atoms with Gasteiger partial charge < -0.3 is 10.4 Å². The van der Waals surface area contributed by atoms with Gasteiger partial charge >= 0.3 is 0 Å². The second kappa shape index (κ2) is 4.37. The summed E-state index contributed by atoms with van der Waals surface area (Å²) in [6.45, 7) is 1.61. The lowest BCUT2D eigenvalue weighted by Crippen LogP contribution is -2.55. The highest BCUT2D eigenvalue weighted by atomic mass is 16.3. The number of hydrogen-bond acceptors (Lipinski definition) is 3. The quantitative estimate of drug-likeness (QED) is 0.671. The molecule has 84 valence electrons. The van der Waals surface area contributed by atoms with Crippen LogP contribution in [-0.4, -0.2) is 32.9 Å². The van der Waals surface area contributed by atoms with E-state index >= 15 is 0 Å². The van der Waals surface area contributed by atoms with Crippen molar-refractivity contribution in [1.29, 1.82) is 0 Å². The van der Waals surface area contributed by atoms with Gasteiger partial charge in [0.2, 0.25) is 0 Å². The van der Waals surface area contributed by atoms with Crippen LogP contribution in [0, 0.1) is 11.8 Å². The van der Waals surface area contributed by atoms with Crippen LogP contribution in [0.3, 0.4) is 0 Å². The Morgan fingerprint density at radius 3 is 3.06 bits per heavy atom. The van der Waals surface area contributed by atoms with Gasteiger partial charge in [-0.2, -0.15) is 5.10 Å². The van der Waals surface area contributed by atoms with E-state index in [1.54, 1.807) is 30.1 Å². The normalized spacial score (nSPS) is 27.5. The Hall–Kier alpha value is -1.80. The van der Waals surface area contributed by atoms with E-state index in [0.717, 1.165) is 0 Å². The molecule has 3 unspecified atom stereocenters. The summed E-state index contributed by atoms with van der Waals surface area (Å²) < 4.78 is 1.67. The van der Waals surface area contributed by atoms with Crippen LogP contribution in [0.2, 0.25) is 0 Å². The summed E-state index contributed by atoms with van der Waals surface area (Å²) in [5.74, 6) is 4.64. The van der Waals surface area contributed by atoms with Crippen LogP contribution in [0.25, 0.3) is 0 Å². The lowest BCUT2D eigenvalue weighted by molar-refractivity contribution is -0.119. The number of nitrogens with zero attached hydrogens (tertiary/aromatic N) is 2. The molecule has 1 aliphatic carbocycles. The van der Waals surface area contributed by atoms with Crippen LogP contribution in [0.5, 0.6) is 0 Å². The topological polar surface area (TPSA) is 67.2 Å². The molecule has 1 amide bonds. The largest absolute Gasteiger partial charge is 0.391 e. The van der Waals surface area contributed by atoms with Crippen LogP contribution in [-0.2, 0) is 4.79 Å². The SMILES string of the molecule is CC#CC(=O)NC1CC(O)C1n1cccn1. The number of rotatable bonds is 2. The van der Waals surface area contributed by atoms with Gasteiger partial charge in [0.05, 0.1) is 18.2 Å². The number of carbonyl (C=O) groups excluding carboxylic acids is 1. The van der Waals surface area contributed by atoms with Crippen LogP contribution in [0.1, 0.15) is 19.4 Å². The summed E-state index contributed by atoms with van der Waals surface area (Å²) in [6.07, 6.45) is 3.51. The molecule has 1 heterocycles. The second-order valence-electron chi connectivity index (χ2n) is 3.73. The molecule has 1 aliphatic rings. The Bertz CT molecular complexity index is 430. The molecular weight excluding hydrogens is 206 g/mol. The molecule has 5 heteroatoms. The maximum atomic E-state index is 11.3. The second-order valence-corrected chi connectivity index (χ2v) is 3.73. The minimum absolute atomic E-state index is 0.0942. The van der Waals surface area contributed by atoms with Crippen molar-refractivity contribution in [3.05, 3.63) is 18.5 Å². The van der Waals surface area contributed by atoms with E-state index < -0.39 is 6.10 Å². The van der Waals surface area contributed by atoms with Gasteiger partial charge in [0.25, 0.3) is 5.91 Å². The highest BCUT2D eigenvalue weighted by Gasteiger charge is 2.42.